The van der Waals surface area contributed by atoms with Gasteiger partial charge in [-0.05, 0) is 35.6 Å². The first-order chi connectivity index (χ1) is 13.7. The van der Waals surface area contributed by atoms with Gasteiger partial charge in [-0.2, -0.15) is 0 Å². The van der Waals surface area contributed by atoms with E-state index in [0.29, 0.717) is 30.3 Å². The molecule has 3 rings (SSSR count). The van der Waals surface area contributed by atoms with Crippen LogP contribution in [0.2, 0.25) is 5.02 Å². The van der Waals surface area contributed by atoms with Crippen molar-refractivity contribution in [1.29, 1.82) is 0 Å². The largest absolute Gasteiger partial charge is 0.494 e. The Balaban J connectivity index is 1.62. The van der Waals surface area contributed by atoms with Gasteiger partial charge in [0.1, 0.15) is 11.8 Å². The van der Waals surface area contributed by atoms with E-state index in [1.165, 1.54) is 12.5 Å². The molecule has 154 valence electrons. The van der Waals surface area contributed by atoms with Crippen molar-refractivity contribution >= 4 is 29.1 Å². The van der Waals surface area contributed by atoms with Gasteiger partial charge in [-0.3, -0.25) is 9.59 Å². The molecule has 1 aliphatic heterocycles. The van der Waals surface area contributed by atoms with Gasteiger partial charge in [0.25, 0.3) is 5.91 Å². The molecule has 0 bridgehead atoms. The Morgan fingerprint density at radius 2 is 1.86 bits per heavy atom. The molecular weight excluding hydrogens is 388 g/mol. The van der Waals surface area contributed by atoms with Crippen LogP contribution in [-0.4, -0.2) is 25.0 Å². The fraction of sp³-hybridized carbons (Fsp3) is 0.391. The van der Waals surface area contributed by atoms with Crippen molar-refractivity contribution in [2.45, 2.75) is 45.6 Å². The number of benzene rings is 2. The van der Waals surface area contributed by atoms with Gasteiger partial charge in [0, 0.05) is 19.0 Å². The van der Waals surface area contributed by atoms with E-state index in [2.05, 4.69) is 38.2 Å². The van der Waals surface area contributed by atoms with E-state index in [-0.39, 0.29) is 17.2 Å². The highest BCUT2D eigenvalue weighted by molar-refractivity contribution is 6.34. The molecule has 0 fully saturated rings. The molecule has 2 amide bonds. The van der Waals surface area contributed by atoms with E-state index in [0.717, 1.165) is 11.3 Å². The molecule has 2 aromatic rings. The van der Waals surface area contributed by atoms with Gasteiger partial charge in [0.05, 0.1) is 17.3 Å². The van der Waals surface area contributed by atoms with Crippen LogP contribution in [0, 0.1) is 0 Å². The molecule has 6 heteroatoms. The second kappa shape index (κ2) is 8.46. The zero-order valence-electron chi connectivity index (χ0n) is 17.3. The lowest BCUT2D eigenvalue weighted by atomic mass is 9.87. The molecule has 2 aromatic carbocycles. The number of nitrogens with zero attached hydrogens (tertiary/aromatic N) is 1. The first-order valence-electron chi connectivity index (χ1n) is 9.78. The highest BCUT2D eigenvalue weighted by atomic mass is 35.5. The van der Waals surface area contributed by atoms with Crippen molar-refractivity contribution in [2.75, 3.05) is 18.1 Å². The Morgan fingerprint density at radius 3 is 2.48 bits per heavy atom. The Hall–Kier alpha value is -2.53. The Bertz CT molecular complexity index is 903. The molecule has 5 nitrogen and oxygen atoms in total. The number of para-hydroxylation sites is 1. The third-order valence-corrected chi connectivity index (χ3v) is 5.28. The van der Waals surface area contributed by atoms with Crippen LogP contribution in [0.25, 0.3) is 0 Å². The van der Waals surface area contributed by atoms with E-state index in [9.17, 15) is 9.59 Å². The van der Waals surface area contributed by atoms with E-state index in [4.69, 9.17) is 16.3 Å². The summed E-state index contributed by atoms with van der Waals surface area (Å²) in [5, 5.41) is 3.22. The molecule has 1 aliphatic rings. The minimum absolute atomic E-state index is 0.103. The zero-order chi connectivity index (χ0) is 21.2. The van der Waals surface area contributed by atoms with Crippen molar-refractivity contribution < 1.29 is 14.3 Å². The van der Waals surface area contributed by atoms with Gasteiger partial charge in [-0.1, -0.05) is 56.6 Å². The number of hydrogen-bond acceptors (Lipinski definition) is 3. The minimum atomic E-state index is -0.688. The third kappa shape index (κ3) is 4.73. The number of nitrogens with one attached hydrogen (secondary N) is 1. The van der Waals surface area contributed by atoms with Gasteiger partial charge in [0.15, 0.2) is 0 Å². The zero-order valence-corrected chi connectivity index (χ0v) is 18.0. The average Bonchev–Trinajstić information content (AvgIpc) is 2.91. The van der Waals surface area contributed by atoms with Gasteiger partial charge in [-0.25, -0.2) is 0 Å². The number of carbonyl (C=O) groups excluding carboxylic acids is 2. The number of carbonyl (C=O) groups is 2. The summed E-state index contributed by atoms with van der Waals surface area (Å²) < 4.78 is 5.84. The van der Waals surface area contributed by atoms with Crippen LogP contribution in [-0.2, 0) is 15.0 Å². The van der Waals surface area contributed by atoms with Crippen LogP contribution in [0.15, 0.2) is 42.5 Å². The number of fused-ring (bicyclic) bond motifs is 1. The van der Waals surface area contributed by atoms with Crippen molar-refractivity contribution in [3.63, 3.8) is 0 Å². The van der Waals surface area contributed by atoms with Gasteiger partial charge >= 0.3 is 0 Å². The predicted molar refractivity (Wildman–Crippen MR) is 116 cm³/mol. The SMILES string of the molecule is CC(=O)NC1C(=O)N(CCCOc2ccc(C(C)(C)C)cc2)c2c(Cl)cccc21. The van der Waals surface area contributed by atoms with Crippen molar-refractivity contribution in [3.05, 3.63) is 58.6 Å². The topological polar surface area (TPSA) is 58.6 Å². The fourth-order valence-corrected chi connectivity index (χ4v) is 3.76. The van der Waals surface area contributed by atoms with E-state index in [1.807, 2.05) is 18.2 Å². The highest BCUT2D eigenvalue weighted by Gasteiger charge is 2.38. The molecule has 1 heterocycles. The van der Waals surface area contributed by atoms with Crippen LogP contribution >= 0.6 is 11.6 Å². The third-order valence-electron chi connectivity index (χ3n) is 4.97. The summed E-state index contributed by atoms with van der Waals surface area (Å²) in [6.07, 6.45) is 0.643. The maximum Gasteiger partial charge on any atom is 0.254 e. The van der Waals surface area contributed by atoms with Crippen LogP contribution in [0.4, 0.5) is 5.69 Å². The van der Waals surface area contributed by atoms with Crippen molar-refractivity contribution in [2.24, 2.45) is 0 Å². The van der Waals surface area contributed by atoms with Crippen LogP contribution in [0.1, 0.15) is 51.3 Å². The minimum Gasteiger partial charge on any atom is -0.494 e. The number of anilines is 1. The van der Waals surface area contributed by atoms with Crippen molar-refractivity contribution in [3.8, 4) is 5.75 Å². The normalized spacial score (nSPS) is 16.0. The predicted octanol–water partition coefficient (Wildman–Crippen LogP) is 4.63. The quantitative estimate of drug-likeness (QED) is 0.701. The maximum absolute atomic E-state index is 12.9. The summed E-state index contributed by atoms with van der Waals surface area (Å²) in [5.74, 6) is 0.385. The standard InChI is InChI=1S/C23H27ClN2O3/c1-15(27)25-20-18-7-5-8-19(24)21(18)26(22(20)28)13-6-14-29-17-11-9-16(10-12-17)23(2,3)4/h5,7-12,20H,6,13-14H2,1-4H3,(H,25,27). The number of rotatable bonds is 6. The summed E-state index contributed by atoms with van der Waals surface area (Å²) in [5.41, 5.74) is 2.76. The molecule has 0 saturated heterocycles. The highest BCUT2D eigenvalue weighted by Crippen LogP contribution is 2.41. The Morgan fingerprint density at radius 1 is 1.17 bits per heavy atom. The second-order valence-electron chi connectivity index (χ2n) is 8.28. The molecule has 1 N–H and O–H groups in total. The first-order valence-corrected chi connectivity index (χ1v) is 10.2. The van der Waals surface area contributed by atoms with Crippen LogP contribution in [0.3, 0.4) is 0 Å². The summed E-state index contributed by atoms with van der Waals surface area (Å²) in [7, 11) is 0. The summed E-state index contributed by atoms with van der Waals surface area (Å²) in [4.78, 5) is 26.0. The molecule has 0 aliphatic carbocycles. The molecule has 0 spiro atoms. The molecule has 29 heavy (non-hydrogen) atoms. The van der Waals surface area contributed by atoms with E-state index in [1.54, 1.807) is 17.0 Å². The average molecular weight is 415 g/mol. The number of hydrogen-bond donors (Lipinski definition) is 1. The number of ether oxygens (including phenoxy) is 1. The molecule has 0 radical (unpaired) electrons. The van der Waals surface area contributed by atoms with E-state index < -0.39 is 6.04 Å². The number of amides is 2. The van der Waals surface area contributed by atoms with Gasteiger partial charge < -0.3 is 15.0 Å². The Kier molecular flexibility index (Phi) is 6.18. The Labute approximate surface area is 177 Å². The van der Waals surface area contributed by atoms with Crippen molar-refractivity contribution in [1.82, 2.24) is 5.32 Å². The molecular formula is C23H27ClN2O3. The summed E-state index contributed by atoms with van der Waals surface area (Å²) in [6, 6.07) is 12.8. The van der Waals surface area contributed by atoms with E-state index >= 15 is 0 Å². The van der Waals surface area contributed by atoms with Crippen LogP contribution < -0.4 is 15.0 Å². The lowest BCUT2D eigenvalue weighted by Crippen LogP contribution is -2.37. The smallest absolute Gasteiger partial charge is 0.254 e. The first kappa shape index (κ1) is 21.2. The molecule has 0 saturated carbocycles. The summed E-state index contributed by atoms with van der Waals surface area (Å²) in [6.45, 7) is 8.86. The lowest BCUT2D eigenvalue weighted by Gasteiger charge is -2.20. The van der Waals surface area contributed by atoms with Gasteiger partial charge in [-0.15, -0.1) is 0 Å². The van der Waals surface area contributed by atoms with Gasteiger partial charge in [0.2, 0.25) is 5.91 Å². The molecule has 0 aromatic heterocycles. The second-order valence-corrected chi connectivity index (χ2v) is 8.68. The maximum atomic E-state index is 12.9. The lowest BCUT2D eigenvalue weighted by molar-refractivity contribution is -0.126. The fourth-order valence-electron chi connectivity index (χ4n) is 3.48. The van der Waals surface area contributed by atoms with Crippen LogP contribution in [0.5, 0.6) is 5.75 Å². The molecule has 1 atom stereocenters. The number of halogens is 1. The molecule has 1 unspecified atom stereocenters. The summed E-state index contributed by atoms with van der Waals surface area (Å²) >= 11 is 6.35. The monoisotopic (exact) mass is 414 g/mol.